The van der Waals surface area contributed by atoms with Crippen LogP contribution in [-0.4, -0.2) is 27.3 Å². The molecule has 0 atom stereocenters. The van der Waals surface area contributed by atoms with E-state index >= 15 is 0 Å². The van der Waals surface area contributed by atoms with Gasteiger partial charge in [-0.25, -0.2) is 14.8 Å². The smallest absolute Gasteiger partial charge is 0.356 e. The molecule has 1 aromatic heterocycles. The molecule has 13 heavy (non-hydrogen) atoms. The van der Waals surface area contributed by atoms with E-state index in [1.54, 1.807) is 13.2 Å². The highest BCUT2D eigenvalue weighted by Gasteiger charge is 2.15. The summed E-state index contributed by atoms with van der Waals surface area (Å²) in [6, 6.07) is 0. The van der Waals surface area contributed by atoms with Gasteiger partial charge in [0, 0.05) is 0 Å². The van der Waals surface area contributed by atoms with Gasteiger partial charge in [-0.05, 0) is 13.2 Å². The SMILES string of the molecule is CSc1nc(C)nc(C(=O)O)c1Cl. The van der Waals surface area contributed by atoms with Crippen LogP contribution in [0.15, 0.2) is 5.03 Å². The van der Waals surface area contributed by atoms with Gasteiger partial charge in [-0.3, -0.25) is 0 Å². The fourth-order valence-corrected chi connectivity index (χ4v) is 1.71. The Bertz CT molecular complexity index is 357. The van der Waals surface area contributed by atoms with Crippen molar-refractivity contribution in [1.29, 1.82) is 0 Å². The molecule has 0 aromatic carbocycles. The molecule has 0 amide bonds. The summed E-state index contributed by atoms with van der Waals surface area (Å²) in [5.74, 6) is -0.725. The molecule has 1 heterocycles. The Labute approximate surface area is 84.3 Å². The third kappa shape index (κ3) is 2.10. The largest absolute Gasteiger partial charge is 0.476 e. The van der Waals surface area contributed by atoms with Crippen molar-refractivity contribution in [2.45, 2.75) is 11.9 Å². The van der Waals surface area contributed by atoms with E-state index in [1.807, 2.05) is 0 Å². The number of hydrogen-bond acceptors (Lipinski definition) is 4. The lowest BCUT2D eigenvalue weighted by molar-refractivity contribution is 0.0689. The quantitative estimate of drug-likeness (QED) is 0.607. The number of aryl methyl sites for hydroxylation is 1. The summed E-state index contributed by atoms with van der Waals surface area (Å²) in [6.45, 7) is 1.63. The van der Waals surface area contributed by atoms with Crippen LogP contribution in [0.3, 0.4) is 0 Å². The van der Waals surface area contributed by atoms with E-state index in [4.69, 9.17) is 16.7 Å². The third-order valence-corrected chi connectivity index (χ3v) is 2.48. The molecule has 4 nitrogen and oxygen atoms in total. The Morgan fingerprint density at radius 3 is 2.62 bits per heavy atom. The number of hydrogen-bond donors (Lipinski definition) is 1. The first kappa shape index (κ1) is 10.3. The molecule has 0 aliphatic carbocycles. The van der Waals surface area contributed by atoms with Gasteiger partial charge in [0.2, 0.25) is 0 Å². The Kier molecular flexibility index (Phi) is 3.11. The van der Waals surface area contributed by atoms with E-state index in [2.05, 4.69) is 9.97 Å². The predicted octanol–water partition coefficient (Wildman–Crippen LogP) is 1.86. The van der Waals surface area contributed by atoms with Crippen molar-refractivity contribution in [1.82, 2.24) is 9.97 Å². The minimum atomic E-state index is -1.13. The fraction of sp³-hybridized carbons (Fsp3) is 0.286. The average molecular weight is 219 g/mol. The number of halogens is 1. The fourth-order valence-electron chi connectivity index (χ4n) is 0.810. The first-order valence-electron chi connectivity index (χ1n) is 3.37. The van der Waals surface area contributed by atoms with Crippen LogP contribution < -0.4 is 0 Å². The number of carbonyl (C=O) groups is 1. The molecule has 0 saturated heterocycles. The van der Waals surface area contributed by atoms with Crippen molar-refractivity contribution in [3.8, 4) is 0 Å². The lowest BCUT2D eigenvalue weighted by Gasteiger charge is -2.03. The van der Waals surface area contributed by atoms with Gasteiger partial charge >= 0.3 is 5.97 Å². The van der Waals surface area contributed by atoms with Gasteiger partial charge in [-0.1, -0.05) is 11.6 Å². The third-order valence-electron chi connectivity index (χ3n) is 1.33. The van der Waals surface area contributed by atoms with Gasteiger partial charge in [0.15, 0.2) is 5.69 Å². The van der Waals surface area contributed by atoms with Crippen molar-refractivity contribution >= 4 is 29.3 Å². The highest BCUT2D eigenvalue weighted by atomic mass is 35.5. The van der Waals surface area contributed by atoms with Crippen LogP contribution in [-0.2, 0) is 0 Å². The zero-order valence-corrected chi connectivity index (χ0v) is 8.61. The second-order valence-electron chi connectivity index (χ2n) is 2.25. The zero-order chi connectivity index (χ0) is 10.0. The van der Waals surface area contributed by atoms with Crippen LogP contribution in [0.1, 0.15) is 16.3 Å². The summed E-state index contributed by atoms with van der Waals surface area (Å²) in [5.41, 5.74) is -0.140. The Balaban J connectivity index is 3.35. The summed E-state index contributed by atoms with van der Waals surface area (Å²) in [7, 11) is 0. The molecule has 0 spiro atoms. The van der Waals surface area contributed by atoms with E-state index in [9.17, 15) is 4.79 Å². The van der Waals surface area contributed by atoms with Gasteiger partial charge in [0.25, 0.3) is 0 Å². The molecule has 0 radical (unpaired) electrons. The maximum Gasteiger partial charge on any atom is 0.356 e. The summed E-state index contributed by atoms with van der Waals surface area (Å²) < 4.78 is 0. The zero-order valence-electron chi connectivity index (χ0n) is 7.04. The molecule has 0 unspecified atom stereocenters. The van der Waals surface area contributed by atoms with Crippen LogP contribution in [0.25, 0.3) is 0 Å². The standard InChI is InChI=1S/C7H7ClN2O2S/c1-3-9-5(7(11)12)4(8)6(10-3)13-2/h1-2H3,(H,11,12). The number of nitrogens with zero attached hydrogens (tertiary/aromatic N) is 2. The number of carboxylic acids is 1. The minimum absolute atomic E-state index is 0.102. The molecule has 1 rings (SSSR count). The van der Waals surface area contributed by atoms with E-state index in [0.29, 0.717) is 10.9 Å². The van der Waals surface area contributed by atoms with Crippen LogP contribution in [0.4, 0.5) is 0 Å². The molecule has 0 fully saturated rings. The van der Waals surface area contributed by atoms with Crippen LogP contribution in [0.2, 0.25) is 5.02 Å². The van der Waals surface area contributed by atoms with Crippen molar-refractivity contribution in [3.63, 3.8) is 0 Å². The molecule has 6 heteroatoms. The topological polar surface area (TPSA) is 63.1 Å². The Morgan fingerprint density at radius 1 is 1.54 bits per heavy atom. The number of thioether (sulfide) groups is 1. The molecular formula is C7H7ClN2O2S. The predicted molar refractivity (Wildman–Crippen MR) is 50.5 cm³/mol. The van der Waals surface area contributed by atoms with Crippen molar-refractivity contribution in [2.24, 2.45) is 0 Å². The average Bonchev–Trinajstić information content (AvgIpc) is 2.08. The number of carboxylic acid groups (broad SMARTS) is 1. The maximum atomic E-state index is 10.7. The number of aromatic nitrogens is 2. The second-order valence-corrected chi connectivity index (χ2v) is 3.42. The van der Waals surface area contributed by atoms with Crippen LogP contribution in [0.5, 0.6) is 0 Å². The van der Waals surface area contributed by atoms with E-state index in [1.165, 1.54) is 11.8 Å². The van der Waals surface area contributed by atoms with Gasteiger partial charge in [0.1, 0.15) is 15.9 Å². The van der Waals surface area contributed by atoms with Crippen molar-refractivity contribution < 1.29 is 9.90 Å². The Hall–Kier alpha value is -0.810. The van der Waals surface area contributed by atoms with Crippen molar-refractivity contribution in [3.05, 3.63) is 16.5 Å². The first-order valence-corrected chi connectivity index (χ1v) is 4.98. The number of aromatic carboxylic acids is 1. The molecule has 0 aliphatic heterocycles. The molecule has 70 valence electrons. The summed E-state index contributed by atoms with van der Waals surface area (Å²) in [6.07, 6.45) is 1.78. The molecule has 0 aliphatic rings. The molecular weight excluding hydrogens is 212 g/mol. The number of rotatable bonds is 2. The lowest BCUT2D eigenvalue weighted by Crippen LogP contribution is -2.05. The monoisotopic (exact) mass is 218 g/mol. The van der Waals surface area contributed by atoms with Gasteiger partial charge in [-0.2, -0.15) is 0 Å². The summed E-state index contributed by atoms with van der Waals surface area (Å²) >= 11 is 7.04. The highest BCUT2D eigenvalue weighted by Crippen LogP contribution is 2.25. The van der Waals surface area contributed by atoms with Crippen LogP contribution in [0, 0.1) is 6.92 Å². The first-order chi connectivity index (χ1) is 6.06. The minimum Gasteiger partial charge on any atom is -0.476 e. The molecule has 1 N–H and O–H groups in total. The summed E-state index contributed by atoms with van der Waals surface area (Å²) in [4.78, 5) is 18.4. The van der Waals surface area contributed by atoms with Gasteiger partial charge in [-0.15, -0.1) is 11.8 Å². The van der Waals surface area contributed by atoms with Crippen molar-refractivity contribution in [2.75, 3.05) is 6.26 Å². The highest BCUT2D eigenvalue weighted by molar-refractivity contribution is 7.98. The lowest BCUT2D eigenvalue weighted by atomic mass is 10.4. The molecule has 0 bridgehead atoms. The van der Waals surface area contributed by atoms with Crippen LogP contribution >= 0.6 is 23.4 Å². The van der Waals surface area contributed by atoms with Gasteiger partial charge < -0.3 is 5.11 Å². The van der Waals surface area contributed by atoms with E-state index < -0.39 is 5.97 Å². The Morgan fingerprint density at radius 2 is 2.15 bits per heavy atom. The van der Waals surface area contributed by atoms with Gasteiger partial charge in [0.05, 0.1) is 0 Å². The maximum absolute atomic E-state index is 10.7. The van der Waals surface area contributed by atoms with E-state index in [-0.39, 0.29) is 10.7 Å². The normalized spacial score (nSPS) is 10.1. The second kappa shape index (κ2) is 3.93. The summed E-state index contributed by atoms with van der Waals surface area (Å²) in [5, 5.41) is 9.32. The molecule has 0 saturated carbocycles. The molecule has 1 aromatic rings. The van der Waals surface area contributed by atoms with E-state index in [0.717, 1.165) is 0 Å².